The molecular weight excluding hydrogens is 298 g/mol. The lowest BCUT2D eigenvalue weighted by Crippen LogP contribution is -2.39. The number of thioether (sulfide) groups is 1. The molecule has 2 amide bonds. The maximum atomic E-state index is 12.0. The lowest BCUT2D eigenvalue weighted by atomic mass is 10.1. The minimum absolute atomic E-state index is 0.0103. The van der Waals surface area contributed by atoms with Crippen LogP contribution in [-0.4, -0.2) is 42.5 Å². The van der Waals surface area contributed by atoms with Gasteiger partial charge in [-0.25, -0.2) is 0 Å². The van der Waals surface area contributed by atoms with E-state index in [0.29, 0.717) is 24.2 Å². The van der Waals surface area contributed by atoms with Crippen LogP contribution in [0.25, 0.3) is 0 Å². The van der Waals surface area contributed by atoms with Crippen molar-refractivity contribution in [1.29, 1.82) is 0 Å². The summed E-state index contributed by atoms with van der Waals surface area (Å²) < 4.78 is 0. The highest BCUT2D eigenvalue weighted by Crippen LogP contribution is 2.13. The molecule has 3 N–H and O–H groups in total. The van der Waals surface area contributed by atoms with E-state index in [1.165, 1.54) is 0 Å². The van der Waals surface area contributed by atoms with Crippen LogP contribution in [0.3, 0.4) is 0 Å². The van der Waals surface area contributed by atoms with Gasteiger partial charge in [-0.15, -0.1) is 6.58 Å². The second kappa shape index (κ2) is 8.60. The Bertz CT molecular complexity index is 525. The van der Waals surface area contributed by atoms with Crippen molar-refractivity contribution in [1.82, 2.24) is 10.6 Å². The Balaban J connectivity index is 1.83. The van der Waals surface area contributed by atoms with Gasteiger partial charge in [-0.05, 0) is 24.3 Å². The summed E-state index contributed by atoms with van der Waals surface area (Å²) in [5.41, 5.74) is 1.26. The monoisotopic (exact) mass is 319 g/mol. The van der Waals surface area contributed by atoms with E-state index >= 15 is 0 Å². The lowest BCUT2D eigenvalue weighted by molar-refractivity contribution is -0.116. The summed E-state index contributed by atoms with van der Waals surface area (Å²) in [6.45, 7) is 4.94. The number of carbonyl (C=O) groups excluding carboxylic acids is 2. The Morgan fingerprint density at radius 3 is 2.77 bits per heavy atom. The molecule has 1 aliphatic heterocycles. The van der Waals surface area contributed by atoms with Gasteiger partial charge in [0.1, 0.15) is 0 Å². The van der Waals surface area contributed by atoms with E-state index in [0.717, 1.165) is 18.1 Å². The number of carbonyl (C=O) groups is 2. The van der Waals surface area contributed by atoms with Gasteiger partial charge in [0, 0.05) is 48.3 Å². The first-order chi connectivity index (χ1) is 10.7. The van der Waals surface area contributed by atoms with Gasteiger partial charge < -0.3 is 16.0 Å². The predicted octanol–water partition coefficient (Wildman–Crippen LogP) is 1.64. The summed E-state index contributed by atoms with van der Waals surface area (Å²) >= 11 is 1.87. The maximum absolute atomic E-state index is 12.0. The molecule has 1 saturated heterocycles. The summed E-state index contributed by atoms with van der Waals surface area (Å²) in [4.78, 5) is 23.7. The molecule has 1 heterocycles. The fourth-order valence-corrected chi connectivity index (χ4v) is 3.11. The average molecular weight is 319 g/mol. The molecule has 0 bridgehead atoms. The van der Waals surface area contributed by atoms with Gasteiger partial charge >= 0.3 is 0 Å². The Kier molecular flexibility index (Phi) is 6.48. The molecule has 1 fully saturated rings. The number of anilines is 1. The molecule has 1 unspecified atom stereocenters. The smallest absolute Gasteiger partial charge is 0.251 e. The van der Waals surface area contributed by atoms with E-state index in [1.54, 1.807) is 30.3 Å². The van der Waals surface area contributed by atoms with Gasteiger partial charge in [-0.1, -0.05) is 6.08 Å². The predicted molar refractivity (Wildman–Crippen MR) is 91.3 cm³/mol. The molecule has 6 heteroatoms. The molecule has 1 atom stereocenters. The highest BCUT2D eigenvalue weighted by atomic mass is 32.2. The lowest BCUT2D eigenvalue weighted by Gasteiger charge is -2.22. The van der Waals surface area contributed by atoms with Crippen LogP contribution in [0.1, 0.15) is 16.8 Å². The van der Waals surface area contributed by atoms with E-state index in [2.05, 4.69) is 22.5 Å². The number of nitrogens with one attached hydrogen (secondary N) is 3. The van der Waals surface area contributed by atoms with E-state index < -0.39 is 0 Å². The minimum atomic E-state index is -0.152. The Morgan fingerprint density at radius 2 is 2.14 bits per heavy atom. The molecule has 2 rings (SSSR count). The van der Waals surface area contributed by atoms with Crippen molar-refractivity contribution in [2.45, 2.75) is 12.5 Å². The number of hydrogen-bond donors (Lipinski definition) is 3. The standard InChI is InChI=1S/C16H21N3O2S/c1-2-7-18-16(21)12-3-5-13(6-4-12)19-15(20)10-14-11-22-9-8-17-14/h2-6,14,17H,1,7-11H2,(H,18,21)(H,19,20). The third kappa shape index (κ3) is 5.20. The molecule has 1 aromatic carbocycles. The molecule has 1 aliphatic rings. The number of amides is 2. The zero-order chi connectivity index (χ0) is 15.8. The van der Waals surface area contributed by atoms with Crippen LogP contribution < -0.4 is 16.0 Å². The zero-order valence-electron chi connectivity index (χ0n) is 12.4. The van der Waals surface area contributed by atoms with Crippen molar-refractivity contribution in [2.75, 3.05) is 29.9 Å². The van der Waals surface area contributed by atoms with E-state index in [-0.39, 0.29) is 17.9 Å². The van der Waals surface area contributed by atoms with Gasteiger partial charge in [0.2, 0.25) is 5.91 Å². The molecule has 0 saturated carbocycles. The summed E-state index contributed by atoms with van der Waals surface area (Å²) in [7, 11) is 0. The first-order valence-corrected chi connectivity index (χ1v) is 8.44. The van der Waals surface area contributed by atoms with Crippen molar-refractivity contribution in [3.63, 3.8) is 0 Å². The quantitative estimate of drug-likeness (QED) is 0.697. The molecule has 118 valence electrons. The van der Waals surface area contributed by atoms with Gasteiger partial charge in [0.25, 0.3) is 5.91 Å². The molecule has 5 nitrogen and oxygen atoms in total. The molecule has 0 radical (unpaired) electrons. The van der Waals surface area contributed by atoms with Crippen LogP contribution in [0.15, 0.2) is 36.9 Å². The topological polar surface area (TPSA) is 70.2 Å². The first-order valence-electron chi connectivity index (χ1n) is 7.29. The van der Waals surface area contributed by atoms with Gasteiger partial charge in [0.15, 0.2) is 0 Å². The first kappa shape index (κ1) is 16.6. The van der Waals surface area contributed by atoms with Crippen LogP contribution in [0.5, 0.6) is 0 Å². The Morgan fingerprint density at radius 1 is 1.36 bits per heavy atom. The van der Waals surface area contributed by atoms with Crippen molar-refractivity contribution in [2.24, 2.45) is 0 Å². The molecule has 0 aromatic heterocycles. The molecule has 0 aliphatic carbocycles. The van der Waals surface area contributed by atoms with Gasteiger partial charge in [0.05, 0.1) is 0 Å². The summed E-state index contributed by atoms with van der Waals surface area (Å²) in [6, 6.07) is 7.11. The van der Waals surface area contributed by atoms with Crippen molar-refractivity contribution >= 4 is 29.3 Å². The second-order valence-corrected chi connectivity index (χ2v) is 6.20. The molecule has 0 spiro atoms. The fourth-order valence-electron chi connectivity index (χ4n) is 2.16. The van der Waals surface area contributed by atoms with Crippen LogP contribution in [0, 0.1) is 0 Å². The van der Waals surface area contributed by atoms with Crippen LogP contribution >= 0.6 is 11.8 Å². The normalized spacial score (nSPS) is 17.5. The SMILES string of the molecule is C=CCNC(=O)c1ccc(NC(=O)CC2CSCCN2)cc1. The van der Waals surface area contributed by atoms with Crippen LogP contribution in [0.2, 0.25) is 0 Å². The average Bonchev–Trinajstić information content (AvgIpc) is 2.54. The van der Waals surface area contributed by atoms with Crippen molar-refractivity contribution < 1.29 is 9.59 Å². The van der Waals surface area contributed by atoms with Crippen molar-refractivity contribution in [3.8, 4) is 0 Å². The highest BCUT2D eigenvalue weighted by Gasteiger charge is 2.16. The van der Waals surface area contributed by atoms with Crippen molar-refractivity contribution in [3.05, 3.63) is 42.5 Å². The van der Waals surface area contributed by atoms with E-state index in [4.69, 9.17) is 0 Å². The molecular formula is C16H21N3O2S. The Labute approximate surface area is 134 Å². The fraction of sp³-hybridized carbons (Fsp3) is 0.375. The molecule has 22 heavy (non-hydrogen) atoms. The van der Waals surface area contributed by atoms with E-state index in [1.807, 2.05) is 11.8 Å². The van der Waals surface area contributed by atoms with Crippen LogP contribution in [0.4, 0.5) is 5.69 Å². The largest absolute Gasteiger partial charge is 0.349 e. The number of rotatable bonds is 6. The summed E-state index contributed by atoms with van der Waals surface area (Å²) in [5, 5.41) is 8.91. The third-order valence-corrected chi connectivity index (χ3v) is 4.40. The summed E-state index contributed by atoms with van der Waals surface area (Å²) in [5.74, 6) is 1.91. The zero-order valence-corrected chi connectivity index (χ0v) is 13.2. The van der Waals surface area contributed by atoms with E-state index in [9.17, 15) is 9.59 Å². The third-order valence-electron chi connectivity index (χ3n) is 3.27. The van der Waals surface area contributed by atoms with Gasteiger partial charge in [-0.2, -0.15) is 11.8 Å². The van der Waals surface area contributed by atoms with Crippen LogP contribution in [-0.2, 0) is 4.79 Å². The highest BCUT2D eigenvalue weighted by molar-refractivity contribution is 7.99. The summed E-state index contributed by atoms with van der Waals surface area (Å²) in [6.07, 6.45) is 2.10. The Hall–Kier alpha value is -1.79. The number of hydrogen-bond acceptors (Lipinski definition) is 4. The minimum Gasteiger partial charge on any atom is -0.349 e. The van der Waals surface area contributed by atoms with Gasteiger partial charge in [-0.3, -0.25) is 9.59 Å². The number of benzene rings is 1. The second-order valence-electron chi connectivity index (χ2n) is 5.05. The maximum Gasteiger partial charge on any atom is 0.251 e. The molecule has 1 aromatic rings.